The van der Waals surface area contributed by atoms with E-state index < -0.39 is 0 Å². The lowest BCUT2D eigenvalue weighted by Gasteiger charge is -2.33. The van der Waals surface area contributed by atoms with Crippen LogP contribution in [0.25, 0.3) is 10.9 Å². The lowest BCUT2D eigenvalue weighted by Crippen LogP contribution is -2.42. The number of cyclic esters (lactones) is 1. The number of hydrogen-bond donors (Lipinski definition) is 1. The highest BCUT2D eigenvalue weighted by atomic mass is 16.6. The average Bonchev–Trinajstić information content (AvgIpc) is 3.21. The van der Waals surface area contributed by atoms with E-state index in [1.807, 2.05) is 18.2 Å². The van der Waals surface area contributed by atoms with Crippen molar-refractivity contribution in [2.75, 3.05) is 32.9 Å². The van der Waals surface area contributed by atoms with Gasteiger partial charge in [0.15, 0.2) is 0 Å². The molecule has 2 aliphatic rings. The molecule has 1 aromatic carbocycles. The molecular formula is C18H20N4O2. The van der Waals surface area contributed by atoms with Gasteiger partial charge in [-0.2, -0.15) is 5.26 Å². The molecule has 24 heavy (non-hydrogen) atoms. The third kappa shape index (κ3) is 2.72. The maximum atomic E-state index is 11.6. The van der Waals surface area contributed by atoms with Crippen LogP contribution in [0.1, 0.15) is 29.9 Å². The number of nitriles is 1. The lowest BCUT2D eigenvalue weighted by atomic mass is 9.89. The molecule has 0 bridgehead atoms. The normalized spacial score (nSPS) is 19.6. The number of H-pyrrole nitrogens is 1. The van der Waals surface area contributed by atoms with Gasteiger partial charge in [-0.15, -0.1) is 0 Å². The summed E-state index contributed by atoms with van der Waals surface area (Å²) in [6, 6.07) is 8.02. The number of carbonyl (C=O) groups excluding carboxylic acids is 1. The molecule has 0 aliphatic carbocycles. The van der Waals surface area contributed by atoms with Gasteiger partial charge in [0, 0.05) is 30.2 Å². The van der Waals surface area contributed by atoms with E-state index in [2.05, 4.69) is 22.1 Å². The Morgan fingerprint density at radius 3 is 2.83 bits per heavy atom. The van der Waals surface area contributed by atoms with Gasteiger partial charge in [-0.05, 0) is 42.5 Å². The highest BCUT2D eigenvalue weighted by molar-refractivity contribution is 5.85. The molecule has 6 heteroatoms. The van der Waals surface area contributed by atoms with Crippen molar-refractivity contribution in [2.24, 2.45) is 0 Å². The number of nitrogens with zero attached hydrogens (tertiary/aromatic N) is 3. The van der Waals surface area contributed by atoms with Gasteiger partial charge in [0.25, 0.3) is 0 Å². The zero-order chi connectivity index (χ0) is 16.5. The summed E-state index contributed by atoms with van der Waals surface area (Å²) in [7, 11) is 0. The van der Waals surface area contributed by atoms with Crippen LogP contribution in [0, 0.1) is 11.3 Å². The molecule has 2 fully saturated rings. The molecule has 0 radical (unpaired) electrons. The zero-order valence-electron chi connectivity index (χ0n) is 13.5. The van der Waals surface area contributed by atoms with Crippen LogP contribution in [-0.4, -0.2) is 53.8 Å². The van der Waals surface area contributed by atoms with E-state index in [1.165, 1.54) is 5.56 Å². The molecule has 2 saturated heterocycles. The summed E-state index contributed by atoms with van der Waals surface area (Å²) in [4.78, 5) is 19.0. The number of benzene rings is 1. The Morgan fingerprint density at radius 1 is 1.29 bits per heavy atom. The minimum atomic E-state index is -0.196. The first-order valence-corrected chi connectivity index (χ1v) is 8.40. The Balaban J connectivity index is 1.44. The molecule has 1 amide bonds. The third-order valence-corrected chi connectivity index (χ3v) is 5.09. The molecule has 0 unspecified atom stereocenters. The first-order valence-electron chi connectivity index (χ1n) is 8.40. The number of piperidine rings is 1. The van der Waals surface area contributed by atoms with Crippen LogP contribution in [0.4, 0.5) is 4.79 Å². The number of hydrogen-bond acceptors (Lipinski definition) is 4. The zero-order valence-corrected chi connectivity index (χ0v) is 13.5. The number of amides is 1. The molecule has 124 valence electrons. The van der Waals surface area contributed by atoms with Crippen molar-refractivity contribution in [3.63, 3.8) is 0 Å². The maximum Gasteiger partial charge on any atom is 0.410 e. The third-order valence-electron chi connectivity index (χ3n) is 5.09. The van der Waals surface area contributed by atoms with Crippen molar-refractivity contribution in [1.82, 2.24) is 14.8 Å². The van der Waals surface area contributed by atoms with Gasteiger partial charge in [-0.25, -0.2) is 4.79 Å². The van der Waals surface area contributed by atoms with E-state index in [0.29, 0.717) is 31.3 Å². The van der Waals surface area contributed by atoms with Gasteiger partial charge in [0.2, 0.25) is 0 Å². The lowest BCUT2D eigenvalue weighted by molar-refractivity contribution is 0.116. The van der Waals surface area contributed by atoms with Crippen LogP contribution in [0.3, 0.4) is 0 Å². The molecule has 1 aromatic heterocycles. The number of rotatable bonds is 3. The highest BCUT2D eigenvalue weighted by Crippen LogP contribution is 2.33. The van der Waals surface area contributed by atoms with Crippen LogP contribution in [0.5, 0.6) is 0 Å². The number of ether oxygens (including phenoxy) is 1. The Bertz CT molecular complexity index is 799. The molecule has 2 aromatic rings. The average molecular weight is 324 g/mol. The van der Waals surface area contributed by atoms with Gasteiger partial charge in [0.1, 0.15) is 6.61 Å². The second-order valence-corrected chi connectivity index (χ2v) is 6.53. The highest BCUT2D eigenvalue weighted by Gasteiger charge is 2.27. The van der Waals surface area contributed by atoms with Crippen molar-refractivity contribution in [3.05, 3.63) is 35.5 Å². The molecule has 1 N–H and O–H groups in total. The first-order chi connectivity index (χ1) is 11.7. The summed E-state index contributed by atoms with van der Waals surface area (Å²) in [6.45, 7) is 3.81. The summed E-state index contributed by atoms with van der Waals surface area (Å²) in [5, 5.41) is 10.3. The minimum absolute atomic E-state index is 0.196. The molecule has 2 aliphatic heterocycles. The van der Waals surface area contributed by atoms with Crippen molar-refractivity contribution in [3.8, 4) is 6.07 Å². The number of aromatic nitrogens is 1. The van der Waals surface area contributed by atoms with E-state index in [4.69, 9.17) is 10.00 Å². The summed E-state index contributed by atoms with van der Waals surface area (Å²) >= 11 is 0. The summed E-state index contributed by atoms with van der Waals surface area (Å²) in [5.74, 6) is 0.495. The van der Waals surface area contributed by atoms with Gasteiger partial charge in [0.05, 0.1) is 24.8 Å². The maximum absolute atomic E-state index is 11.6. The van der Waals surface area contributed by atoms with Gasteiger partial charge in [-0.3, -0.25) is 9.80 Å². The van der Waals surface area contributed by atoms with E-state index in [-0.39, 0.29) is 6.09 Å². The minimum Gasteiger partial charge on any atom is -0.447 e. The van der Waals surface area contributed by atoms with E-state index in [9.17, 15) is 4.79 Å². The second-order valence-electron chi connectivity index (χ2n) is 6.53. The first kappa shape index (κ1) is 15.0. The van der Waals surface area contributed by atoms with Crippen molar-refractivity contribution in [2.45, 2.75) is 18.8 Å². The predicted octanol–water partition coefficient (Wildman–Crippen LogP) is 2.63. The van der Waals surface area contributed by atoms with Crippen molar-refractivity contribution in [1.29, 1.82) is 5.26 Å². The molecule has 6 nitrogen and oxygen atoms in total. The van der Waals surface area contributed by atoms with Crippen LogP contribution >= 0.6 is 0 Å². The molecule has 4 rings (SSSR count). The standard InChI is InChI=1S/C18H20N4O2/c19-10-13-1-2-17-15(9-13)16(11-20-17)14-3-5-21(6-4-14)12-22-7-8-24-18(22)23/h1-2,9,11,14,20H,3-8,12H2. The van der Waals surface area contributed by atoms with E-state index in [0.717, 1.165) is 36.8 Å². The van der Waals surface area contributed by atoms with Crippen LogP contribution < -0.4 is 0 Å². The summed E-state index contributed by atoms with van der Waals surface area (Å²) in [5.41, 5.74) is 3.10. The topological polar surface area (TPSA) is 72.4 Å². The fourth-order valence-electron chi connectivity index (χ4n) is 3.73. The summed E-state index contributed by atoms with van der Waals surface area (Å²) in [6.07, 6.45) is 4.02. The fraction of sp³-hybridized carbons (Fsp3) is 0.444. The molecular weight excluding hydrogens is 304 g/mol. The number of likely N-dealkylation sites (tertiary alicyclic amines) is 1. The van der Waals surface area contributed by atoms with E-state index >= 15 is 0 Å². The number of fused-ring (bicyclic) bond motifs is 1. The molecule has 0 saturated carbocycles. The Kier molecular flexibility index (Phi) is 3.87. The van der Waals surface area contributed by atoms with Gasteiger partial charge < -0.3 is 9.72 Å². The quantitative estimate of drug-likeness (QED) is 0.942. The Hall–Kier alpha value is -2.52. The molecule has 0 atom stereocenters. The predicted molar refractivity (Wildman–Crippen MR) is 89.5 cm³/mol. The SMILES string of the molecule is N#Cc1ccc2[nH]cc(C3CCN(CN4CCOC4=O)CC3)c2c1. The van der Waals surface area contributed by atoms with Crippen LogP contribution in [-0.2, 0) is 4.74 Å². The molecule has 0 spiro atoms. The number of aromatic amines is 1. The smallest absolute Gasteiger partial charge is 0.410 e. The Labute approximate surface area is 140 Å². The number of carbonyl (C=O) groups is 1. The van der Waals surface area contributed by atoms with Crippen LogP contribution in [0.2, 0.25) is 0 Å². The van der Waals surface area contributed by atoms with Gasteiger partial charge in [-0.1, -0.05) is 0 Å². The Morgan fingerprint density at radius 2 is 2.12 bits per heavy atom. The fourth-order valence-corrected chi connectivity index (χ4v) is 3.73. The summed E-state index contributed by atoms with van der Waals surface area (Å²) < 4.78 is 4.99. The largest absolute Gasteiger partial charge is 0.447 e. The number of nitrogens with one attached hydrogen (secondary N) is 1. The monoisotopic (exact) mass is 324 g/mol. The van der Waals surface area contributed by atoms with Crippen molar-refractivity contribution >= 4 is 17.0 Å². The van der Waals surface area contributed by atoms with Gasteiger partial charge >= 0.3 is 6.09 Å². The van der Waals surface area contributed by atoms with E-state index in [1.54, 1.807) is 4.90 Å². The van der Waals surface area contributed by atoms with Crippen molar-refractivity contribution < 1.29 is 9.53 Å². The molecule has 3 heterocycles. The second kappa shape index (κ2) is 6.17. The van der Waals surface area contributed by atoms with Crippen LogP contribution in [0.15, 0.2) is 24.4 Å².